The molecule has 7 heteroatoms. The molecule has 0 spiro atoms. The van der Waals surface area contributed by atoms with Crippen molar-refractivity contribution in [1.29, 1.82) is 0 Å². The fraction of sp³-hybridized carbons (Fsp3) is 0.438. The van der Waals surface area contributed by atoms with Crippen molar-refractivity contribution in [3.8, 4) is 0 Å². The van der Waals surface area contributed by atoms with Gasteiger partial charge in [-0.15, -0.1) is 0 Å². The molecule has 0 radical (unpaired) electrons. The van der Waals surface area contributed by atoms with E-state index in [4.69, 9.17) is 4.74 Å². The second kappa shape index (κ2) is 6.10. The zero-order valence-corrected chi connectivity index (χ0v) is 12.8. The smallest absolute Gasteiger partial charge is 0.261 e. The van der Waals surface area contributed by atoms with Crippen LogP contribution in [0.2, 0.25) is 0 Å². The normalized spacial score (nSPS) is 17.5. The van der Waals surface area contributed by atoms with E-state index in [-0.39, 0.29) is 23.3 Å². The number of carbonyl (C=O) groups excluding carboxylic acids is 3. The first-order chi connectivity index (χ1) is 11.0. The zero-order valence-electron chi connectivity index (χ0n) is 12.8. The number of carbonyl (C=O) groups is 3. The number of nitrogens with zero attached hydrogens (tertiary/aromatic N) is 2. The second-order valence-electron chi connectivity index (χ2n) is 5.73. The Morgan fingerprint density at radius 3 is 2.61 bits per heavy atom. The van der Waals surface area contributed by atoms with Gasteiger partial charge >= 0.3 is 0 Å². The maximum atomic E-state index is 12.4. The van der Waals surface area contributed by atoms with E-state index < -0.39 is 6.10 Å². The van der Waals surface area contributed by atoms with Crippen molar-refractivity contribution in [3.05, 3.63) is 34.9 Å². The Labute approximate surface area is 133 Å². The van der Waals surface area contributed by atoms with Crippen LogP contribution in [0.5, 0.6) is 0 Å². The number of methoxy groups -OCH3 is 1. The Kier molecular flexibility index (Phi) is 4.14. The molecular formula is C16H18N2O5. The Morgan fingerprint density at radius 1 is 1.26 bits per heavy atom. The van der Waals surface area contributed by atoms with Crippen molar-refractivity contribution >= 4 is 17.7 Å². The molecule has 1 saturated heterocycles. The van der Waals surface area contributed by atoms with E-state index in [2.05, 4.69) is 0 Å². The SMILES string of the molecule is COCCCN1C(=O)c2ccc(C(=O)N3CC(O)C3)cc2C1=O. The van der Waals surface area contributed by atoms with Crippen molar-refractivity contribution in [2.45, 2.75) is 12.5 Å². The minimum absolute atomic E-state index is 0.240. The standard InChI is InChI=1S/C16H18N2O5/c1-23-6-2-5-18-15(21)12-4-3-10(7-13(12)16(18)22)14(20)17-8-11(19)9-17/h3-4,7,11,19H,2,5-6,8-9H2,1H3. The quantitative estimate of drug-likeness (QED) is 0.616. The number of hydrogen-bond donors (Lipinski definition) is 1. The number of ether oxygens (including phenoxy) is 1. The first-order valence-electron chi connectivity index (χ1n) is 7.49. The van der Waals surface area contributed by atoms with Crippen molar-refractivity contribution in [3.63, 3.8) is 0 Å². The number of likely N-dealkylation sites (tertiary alicyclic amines) is 1. The van der Waals surface area contributed by atoms with Crippen LogP contribution in [0.15, 0.2) is 18.2 Å². The van der Waals surface area contributed by atoms with Gasteiger partial charge in [-0.05, 0) is 24.6 Å². The van der Waals surface area contributed by atoms with E-state index in [0.29, 0.717) is 43.8 Å². The number of amides is 3. The van der Waals surface area contributed by atoms with E-state index in [1.807, 2.05) is 0 Å². The highest BCUT2D eigenvalue weighted by atomic mass is 16.5. The van der Waals surface area contributed by atoms with Crippen LogP contribution in [0.1, 0.15) is 37.5 Å². The van der Waals surface area contributed by atoms with Gasteiger partial charge in [0.25, 0.3) is 17.7 Å². The van der Waals surface area contributed by atoms with Crippen LogP contribution in [0, 0.1) is 0 Å². The minimum Gasteiger partial charge on any atom is -0.389 e. The number of imide groups is 1. The summed E-state index contributed by atoms with van der Waals surface area (Å²) in [6.45, 7) is 1.36. The molecule has 3 rings (SSSR count). The van der Waals surface area contributed by atoms with Gasteiger partial charge in [0.2, 0.25) is 0 Å². The maximum Gasteiger partial charge on any atom is 0.261 e. The third kappa shape index (κ3) is 2.73. The Morgan fingerprint density at radius 2 is 1.96 bits per heavy atom. The van der Waals surface area contributed by atoms with Crippen molar-refractivity contribution in [1.82, 2.24) is 9.80 Å². The molecule has 7 nitrogen and oxygen atoms in total. The number of β-amino-alcohol motifs (C(OH)–C–C–N with tert-alkyl or cyclic N) is 1. The van der Waals surface area contributed by atoms with E-state index >= 15 is 0 Å². The van der Waals surface area contributed by atoms with Gasteiger partial charge in [0.15, 0.2) is 0 Å². The lowest BCUT2D eigenvalue weighted by molar-refractivity contribution is 0.00589. The van der Waals surface area contributed by atoms with Crippen LogP contribution in [-0.4, -0.2) is 72.1 Å². The number of benzene rings is 1. The molecule has 2 heterocycles. The van der Waals surface area contributed by atoms with Gasteiger partial charge in [-0.3, -0.25) is 19.3 Å². The highest BCUT2D eigenvalue weighted by molar-refractivity contribution is 6.22. The summed E-state index contributed by atoms with van der Waals surface area (Å²) >= 11 is 0. The van der Waals surface area contributed by atoms with Crippen molar-refractivity contribution in [2.24, 2.45) is 0 Å². The fourth-order valence-corrected chi connectivity index (χ4v) is 2.80. The van der Waals surface area contributed by atoms with Crippen LogP contribution in [0.25, 0.3) is 0 Å². The molecule has 0 saturated carbocycles. The van der Waals surface area contributed by atoms with Crippen LogP contribution in [-0.2, 0) is 4.74 Å². The third-order valence-corrected chi connectivity index (χ3v) is 4.10. The number of rotatable bonds is 5. The molecule has 0 aliphatic carbocycles. The van der Waals surface area contributed by atoms with Gasteiger partial charge in [-0.25, -0.2) is 0 Å². The average molecular weight is 318 g/mol. The molecule has 1 aromatic carbocycles. The summed E-state index contributed by atoms with van der Waals surface area (Å²) in [6, 6.07) is 4.55. The van der Waals surface area contributed by atoms with Crippen LogP contribution >= 0.6 is 0 Å². The molecule has 1 fully saturated rings. The van der Waals surface area contributed by atoms with E-state index in [1.54, 1.807) is 13.2 Å². The zero-order chi connectivity index (χ0) is 16.6. The Hall–Kier alpha value is -2.25. The molecule has 2 aliphatic heterocycles. The molecule has 23 heavy (non-hydrogen) atoms. The van der Waals surface area contributed by atoms with Crippen LogP contribution in [0.4, 0.5) is 0 Å². The molecule has 0 aromatic heterocycles. The molecule has 0 bridgehead atoms. The highest BCUT2D eigenvalue weighted by Gasteiger charge is 2.36. The average Bonchev–Trinajstić information content (AvgIpc) is 2.76. The summed E-state index contributed by atoms with van der Waals surface area (Å²) in [5.74, 6) is -0.949. The largest absolute Gasteiger partial charge is 0.389 e. The lowest BCUT2D eigenvalue weighted by Gasteiger charge is -2.35. The molecule has 2 aliphatic rings. The predicted molar refractivity (Wildman–Crippen MR) is 80.2 cm³/mol. The monoisotopic (exact) mass is 318 g/mol. The molecule has 122 valence electrons. The number of aliphatic hydroxyl groups excluding tert-OH is 1. The van der Waals surface area contributed by atoms with E-state index in [1.165, 1.54) is 21.9 Å². The number of fused-ring (bicyclic) bond motifs is 1. The summed E-state index contributed by atoms with van der Waals surface area (Å²) in [6.07, 6.45) is 0.0900. The lowest BCUT2D eigenvalue weighted by Crippen LogP contribution is -2.53. The van der Waals surface area contributed by atoms with Crippen LogP contribution in [0.3, 0.4) is 0 Å². The topological polar surface area (TPSA) is 87.2 Å². The first-order valence-corrected chi connectivity index (χ1v) is 7.49. The summed E-state index contributed by atoms with van der Waals surface area (Å²) in [4.78, 5) is 39.6. The van der Waals surface area contributed by atoms with Gasteiger partial charge < -0.3 is 14.7 Å². The molecular weight excluding hydrogens is 300 g/mol. The molecule has 0 unspecified atom stereocenters. The van der Waals surface area contributed by atoms with E-state index in [0.717, 1.165) is 0 Å². The summed E-state index contributed by atoms with van der Waals surface area (Å²) in [7, 11) is 1.56. The van der Waals surface area contributed by atoms with Gasteiger partial charge in [-0.2, -0.15) is 0 Å². The van der Waals surface area contributed by atoms with Gasteiger partial charge in [-0.1, -0.05) is 0 Å². The molecule has 3 amide bonds. The van der Waals surface area contributed by atoms with Crippen LogP contribution < -0.4 is 0 Å². The van der Waals surface area contributed by atoms with Gasteiger partial charge in [0, 0.05) is 38.9 Å². The lowest BCUT2D eigenvalue weighted by atomic mass is 10.0. The summed E-state index contributed by atoms with van der Waals surface area (Å²) in [5.41, 5.74) is 0.947. The second-order valence-corrected chi connectivity index (χ2v) is 5.73. The van der Waals surface area contributed by atoms with Crippen molar-refractivity contribution < 1.29 is 24.2 Å². The third-order valence-electron chi connectivity index (χ3n) is 4.10. The number of hydrogen-bond acceptors (Lipinski definition) is 5. The molecule has 0 atom stereocenters. The predicted octanol–water partition coefficient (Wildman–Crippen LogP) is 0.136. The minimum atomic E-state index is -0.479. The van der Waals surface area contributed by atoms with Crippen molar-refractivity contribution in [2.75, 3.05) is 33.4 Å². The summed E-state index contributed by atoms with van der Waals surface area (Å²) < 4.78 is 4.93. The molecule has 1 aromatic rings. The number of aliphatic hydroxyl groups is 1. The Balaban J connectivity index is 1.78. The van der Waals surface area contributed by atoms with Gasteiger partial charge in [0.05, 0.1) is 17.2 Å². The van der Waals surface area contributed by atoms with E-state index in [9.17, 15) is 19.5 Å². The fourth-order valence-electron chi connectivity index (χ4n) is 2.80. The highest BCUT2D eigenvalue weighted by Crippen LogP contribution is 2.25. The van der Waals surface area contributed by atoms with Gasteiger partial charge in [0.1, 0.15) is 0 Å². The summed E-state index contributed by atoms with van der Waals surface area (Å²) in [5, 5.41) is 9.27. The maximum absolute atomic E-state index is 12.4. The molecule has 1 N–H and O–H groups in total. The first kappa shape index (κ1) is 15.6. The Bertz CT molecular complexity index is 666.